The number of ether oxygens (including phenoxy) is 2. The lowest BCUT2D eigenvalue weighted by Crippen LogP contribution is -2.42. The lowest BCUT2D eigenvalue weighted by molar-refractivity contribution is -0.166. The van der Waals surface area contributed by atoms with Crippen molar-refractivity contribution in [1.29, 1.82) is 0 Å². The highest BCUT2D eigenvalue weighted by molar-refractivity contribution is 6.17. The normalized spacial score (nSPS) is 15.0. The van der Waals surface area contributed by atoms with Gasteiger partial charge in [-0.25, -0.2) is 0 Å². The number of allylic oxidation sites excluding steroid dienone is 1. The van der Waals surface area contributed by atoms with E-state index in [-0.39, 0.29) is 0 Å². The van der Waals surface area contributed by atoms with Gasteiger partial charge in [-0.3, -0.25) is 9.59 Å². The Hall–Kier alpha value is -1.03. The molecule has 1 aliphatic carbocycles. The van der Waals surface area contributed by atoms with Gasteiger partial charge in [0.2, 0.25) is 0 Å². The molecule has 0 amide bonds. The molecule has 0 fully saturated rings. The van der Waals surface area contributed by atoms with Gasteiger partial charge in [0, 0.05) is 5.88 Å². The van der Waals surface area contributed by atoms with Crippen molar-refractivity contribution in [3.63, 3.8) is 0 Å². The van der Waals surface area contributed by atoms with Crippen LogP contribution in [0.3, 0.4) is 0 Å². The summed E-state index contributed by atoms with van der Waals surface area (Å²) < 4.78 is 9.74. The zero-order chi connectivity index (χ0) is 14.3. The first-order valence-electron chi connectivity index (χ1n) is 6.55. The molecular formula is C14H21ClO4. The summed E-state index contributed by atoms with van der Waals surface area (Å²) in [4.78, 5) is 24.4. The number of halogens is 1. The Morgan fingerprint density at radius 3 is 2.32 bits per heavy atom. The van der Waals surface area contributed by atoms with Crippen LogP contribution in [0, 0.1) is 5.41 Å². The molecule has 0 aromatic rings. The van der Waals surface area contributed by atoms with Crippen molar-refractivity contribution >= 4 is 23.5 Å². The highest BCUT2D eigenvalue weighted by Gasteiger charge is 2.51. The van der Waals surface area contributed by atoms with Crippen molar-refractivity contribution in [1.82, 2.24) is 0 Å². The van der Waals surface area contributed by atoms with Crippen molar-refractivity contribution < 1.29 is 19.1 Å². The smallest absolute Gasteiger partial charge is 0.327 e. The second-order valence-corrected chi connectivity index (χ2v) is 5.03. The van der Waals surface area contributed by atoms with Crippen LogP contribution in [-0.2, 0) is 19.1 Å². The number of hydrogen-bond acceptors (Lipinski definition) is 4. The van der Waals surface area contributed by atoms with Crippen LogP contribution in [0.25, 0.3) is 0 Å². The fourth-order valence-corrected chi connectivity index (χ4v) is 2.79. The average molecular weight is 289 g/mol. The number of carbonyl (C=O) groups excluding carboxylic acids is 2. The van der Waals surface area contributed by atoms with Crippen LogP contribution in [0.15, 0.2) is 11.6 Å². The minimum absolute atomic E-state index is 0.394. The molecule has 5 heteroatoms. The summed E-state index contributed by atoms with van der Waals surface area (Å²) in [5.74, 6) is -0.540. The van der Waals surface area contributed by atoms with Crippen LogP contribution < -0.4 is 0 Å². The maximum absolute atomic E-state index is 12.2. The summed E-state index contributed by atoms with van der Waals surface area (Å²) >= 11 is 5.67. The quantitative estimate of drug-likeness (QED) is 0.238. The monoisotopic (exact) mass is 288 g/mol. The molecular weight excluding hydrogens is 268 g/mol. The molecule has 108 valence electrons. The number of rotatable bonds is 7. The summed E-state index contributed by atoms with van der Waals surface area (Å²) in [7, 11) is 2.61. The molecule has 0 unspecified atom stereocenters. The Labute approximate surface area is 119 Å². The van der Waals surface area contributed by atoms with E-state index in [9.17, 15) is 9.59 Å². The van der Waals surface area contributed by atoms with Gasteiger partial charge in [-0.1, -0.05) is 12.5 Å². The number of alkyl halides is 1. The molecule has 0 aromatic heterocycles. The van der Waals surface area contributed by atoms with Crippen molar-refractivity contribution in [2.75, 3.05) is 20.1 Å². The third-order valence-electron chi connectivity index (χ3n) is 3.59. The van der Waals surface area contributed by atoms with Crippen LogP contribution in [-0.4, -0.2) is 32.0 Å². The van der Waals surface area contributed by atoms with Gasteiger partial charge in [0.15, 0.2) is 5.41 Å². The predicted molar refractivity (Wildman–Crippen MR) is 73.0 cm³/mol. The predicted octanol–water partition coefficient (Wildman–Crippen LogP) is 2.84. The van der Waals surface area contributed by atoms with E-state index in [4.69, 9.17) is 21.1 Å². The molecule has 0 radical (unpaired) electrons. The Kier molecular flexibility index (Phi) is 6.35. The van der Waals surface area contributed by atoms with Crippen molar-refractivity contribution in [2.24, 2.45) is 5.41 Å². The molecule has 0 aromatic carbocycles. The standard InChI is InChI=1S/C14H21ClO4/c1-18-12(16)14(13(17)19-2,9-5-6-10-15)11-7-3-4-8-11/h7H,3-6,8-10H2,1-2H3. The van der Waals surface area contributed by atoms with Gasteiger partial charge >= 0.3 is 11.9 Å². The number of unbranched alkanes of at least 4 members (excludes halogenated alkanes) is 1. The number of esters is 2. The Morgan fingerprint density at radius 2 is 1.89 bits per heavy atom. The third-order valence-corrected chi connectivity index (χ3v) is 3.86. The maximum Gasteiger partial charge on any atom is 0.327 e. The van der Waals surface area contributed by atoms with Gasteiger partial charge in [-0.15, -0.1) is 11.6 Å². The molecule has 4 nitrogen and oxygen atoms in total. The van der Waals surface area contributed by atoms with Crippen molar-refractivity contribution in [3.8, 4) is 0 Å². The second-order valence-electron chi connectivity index (χ2n) is 4.66. The fraction of sp³-hybridized carbons (Fsp3) is 0.714. The van der Waals surface area contributed by atoms with E-state index in [1.165, 1.54) is 14.2 Å². The van der Waals surface area contributed by atoms with Gasteiger partial charge in [0.05, 0.1) is 14.2 Å². The molecule has 19 heavy (non-hydrogen) atoms. The van der Waals surface area contributed by atoms with E-state index in [1.807, 2.05) is 6.08 Å². The summed E-state index contributed by atoms with van der Waals surface area (Å²) in [5.41, 5.74) is -0.438. The first-order valence-corrected chi connectivity index (χ1v) is 7.09. The summed E-state index contributed by atoms with van der Waals surface area (Å²) in [5, 5.41) is 0. The molecule has 1 rings (SSSR count). The van der Waals surface area contributed by atoms with E-state index >= 15 is 0 Å². The summed E-state index contributed by atoms with van der Waals surface area (Å²) in [6.45, 7) is 0. The molecule has 0 saturated heterocycles. The van der Waals surface area contributed by atoms with Gasteiger partial charge in [-0.2, -0.15) is 0 Å². The Morgan fingerprint density at radius 1 is 1.26 bits per heavy atom. The zero-order valence-corrected chi connectivity index (χ0v) is 12.3. The molecule has 0 heterocycles. The third kappa shape index (κ3) is 3.30. The molecule has 0 aliphatic heterocycles. The molecule has 0 spiro atoms. The first-order chi connectivity index (χ1) is 9.13. The summed E-state index contributed by atoms with van der Waals surface area (Å²) in [6.07, 6.45) is 6.39. The SMILES string of the molecule is COC(=O)C(CCCCCl)(C(=O)OC)C1=CCCC1. The lowest BCUT2D eigenvalue weighted by Gasteiger charge is -2.29. The second kappa shape index (κ2) is 7.53. The number of carbonyl (C=O) groups is 2. The molecule has 0 saturated carbocycles. The maximum atomic E-state index is 12.2. The lowest BCUT2D eigenvalue weighted by atomic mass is 9.75. The van der Waals surface area contributed by atoms with Crippen LogP contribution >= 0.6 is 11.6 Å². The number of hydrogen-bond donors (Lipinski definition) is 0. The van der Waals surface area contributed by atoms with Gasteiger partial charge in [-0.05, 0) is 37.7 Å². The van der Waals surface area contributed by atoms with Crippen molar-refractivity contribution in [3.05, 3.63) is 11.6 Å². The zero-order valence-electron chi connectivity index (χ0n) is 11.5. The minimum atomic E-state index is -1.27. The van der Waals surface area contributed by atoms with E-state index in [0.717, 1.165) is 31.3 Å². The van der Waals surface area contributed by atoms with E-state index in [1.54, 1.807) is 0 Å². The fourth-order valence-electron chi connectivity index (χ4n) is 2.60. The largest absolute Gasteiger partial charge is 0.468 e. The summed E-state index contributed by atoms with van der Waals surface area (Å²) in [6, 6.07) is 0. The van der Waals surface area contributed by atoms with Crippen molar-refractivity contribution in [2.45, 2.75) is 38.5 Å². The van der Waals surface area contributed by atoms with Crippen LogP contribution in [0.2, 0.25) is 0 Å². The van der Waals surface area contributed by atoms with E-state index in [2.05, 4.69) is 0 Å². The van der Waals surface area contributed by atoms with Gasteiger partial charge in [0.25, 0.3) is 0 Å². The topological polar surface area (TPSA) is 52.6 Å². The average Bonchev–Trinajstić information content (AvgIpc) is 2.96. The highest BCUT2D eigenvalue weighted by atomic mass is 35.5. The molecule has 0 bridgehead atoms. The van der Waals surface area contributed by atoms with E-state index < -0.39 is 17.4 Å². The first kappa shape index (κ1) is 16.0. The highest BCUT2D eigenvalue weighted by Crippen LogP contribution is 2.41. The number of methoxy groups -OCH3 is 2. The van der Waals surface area contributed by atoms with Crippen LogP contribution in [0.1, 0.15) is 38.5 Å². The van der Waals surface area contributed by atoms with Gasteiger partial charge < -0.3 is 9.47 Å². The van der Waals surface area contributed by atoms with Gasteiger partial charge in [0.1, 0.15) is 0 Å². The minimum Gasteiger partial charge on any atom is -0.468 e. The Balaban J connectivity index is 3.08. The Bertz CT molecular complexity index is 346. The van der Waals surface area contributed by atoms with E-state index in [0.29, 0.717) is 18.7 Å². The molecule has 0 atom stereocenters. The van der Waals surface area contributed by atoms with Crippen LogP contribution in [0.5, 0.6) is 0 Å². The van der Waals surface area contributed by atoms with Crippen LogP contribution in [0.4, 0.5) is 0 Å². The molecule has 1 aliphatic rings. The molecule has 0 N–H and O–H groups in total.